The van der Waals surface area contributed by atoms with Crippen LogP contribution in [0.15, 0.2) is 53.6 Å². The van der Waals surface area contributed by atoms with E-state index in [0.717, 1.165) is 43.0 Å². The molecule has 0 N–H and O–H groups in total. The monoisotopic (exact) mass is 409 g/mol. The van der Waals surface area contributed by atoms with Gasteiger partial charge in [0.1, 0.15) is 11.6 Å². The molecule has 1 atom stereocenters. The van der Waals surface area contributed by atoms with Crippen LogP contribution >= 0.6 is 0 Å². The molecule has 158 valence electrons. The van der Waals surface area contributed by atoms with Gasteiger partial charge in [-0.15, -0.1) is 0 Å². The number of piperidine rings is 1. The minimum Gasteiger partial charge on any atom is -0.497 e. The van der Waals surface area contributed by atoms with E-state index in [1.165, 1.54) is 11.1 Å². The van der Waals surface area contributed by atoms with Crippen molar-refractivity contribution >= 4 is 11.6 Å². The molecule has 4 rings (SSSR count). The van der Waals surface area contributed by atoms with Crippen LogP contribution in [0, 0.1) is 11.7 Å². The van der Waals surface area contributed by atoms with E-state index in [1.54, 1.807) is 25.3 Å². The van der Waals surface area contributed by atoms with Crippen LogP contribution in [0.25, 0.3) is 0 Å². The number of carbonyl (C=O) groups is 1. The van der Waals surface area contributed by atoms with Crippen LogP contribution in [0.4, 0.5) is 4.39 Å². The topological polar surface area (TPSA) is 45.1 Å². The van der Waals surface area contributed by atoms with E-state index in [-0.39, 0.29) is 11.7 Å². The first kappa shape index (κ1) is 20.5. The van der Waals surface area contributed by atoms with Crippen molar-refractivity contribution in [2.24, 2.45) is 11.0 Å². The highest BCUT2D eigenvalue weighted by molar-refractivity contribution is 6.03. The van der Waals surface area contributed by atoms with Crippen LogP contribution in [0.3, 0.4) is 0 Å². The van der Waals surface area contributed by atoms with Gasteiger partial charge in [0.05, 0.1) is 25.4 Å². The number of carbonyl (C=O) groups excluding carboxylic acids is 1. The molecule has 30 heavy (non-hydrogen) atoms. The normalized spacial score (nSPS) is 20.3. The Hall–Kier alpha value is -2.73. The van der Waals surface area contributed by atoms with Crippen molar-refractivity contribution in [3.8, 4) is 5.75 Å². The van der Waals surface area contributed by atoms with Crippen molar-refractivity contribution in [1.82, 2.24) is 9.91 Å². The highest BCUT2D eigenvalue weighted by Crippen LogP contribution is 2.35. The minimum absolute atomic E-state index is 0.0873. The molecule has 2 aromatic carbocycles. The summed E-state index contributed by atoms with van der Waals surface area (Å²) in [5.74, 6) is 1.03. The summed E-state index contributed by atoms with van der Waals surface area (Å²) in [4.78, 5) is 15.4. The fourth-order valence-electron chi connectivity index (χ4n) is 4.19. The summed E-state index contributed by atoms with van der Waals surface area (Å²) in [7, 11) is 1.62. The van der Waals surface area contributed by atoms with Crippen molar-refractivity contribution in [3.05, 3.63) is 65.5 Å². The molecule has 5 nitrogen and oxygen atoms in total. The lowest BCUT2D eigenvalue weighted by molar-refractivity contribution is -0.134. The maximum absolute atomic E-state index is 14.6. The standard InChI is InChI=1S/C24H28FN3O2/c1-17-10-12-27(13-11-17)16-24(29)28-23(20-8-3-4-9-21(20)25)15-22(26-28)18-6-5-7-19(14-18)30-2/h3-9,14,17,23H,10-13,15-16H2,1-2H3/t23-/m1/s1. The number of methoxy groups -OCH3 is 1. The molecule has 0 bridgehead atoms. The van der Waals surface area contributed by atoms with E-state index in [4.69, 9.17) is 4.74 Å². The number of likely N-dealkylation sites (tertiary alicyclic amines) is 1. The molecule has 2 aromatic rings. The summed E-state index contributed by atoms with van der Waals surface area (Å²) in [6, 6.07) is 13.8. The van der Waals surface area contributed by atoms with Crippen LogP contribution in [0.5, 0.6) is 5.75 Å². The number of hydrogen-bond acceptors (Lipinski definition) is 4. The highest BCUT2D eigenvalue weighted by atomic mass is 19.1. The van der Waals surface area contributed by atoms with Crippen molar-refractivity contribution in [1.29, 1.82) is 0 Å². The van der Waals surface area contributed by atoms with Crippen molar-refractivity contribution < 1.29 is 13.9 Å². The van der Waals surface area contributed by atoms with Gasteiger partial charge < -0.3 is 4.74 Å². The third-order valence-corrected chi connectivity index (χ3v) is 6.07. The minimum atomic E-state index is -0.441. The largest absolute Gasteiger partial charge is 0.497 e. The van der Waals surface area contributed by atoms with Gasteiger partial charge in [-0.25, -0.2) is 9.40 Å². The number of ether oxygens (including phenoxy) is 1. The number of rotatable bonds is 5. The van der Waals surface area contributed by atoms with Gasteiger partial charge >= 0.3 is 0 Å². The first-order valence-electron chi connectivity index (χ1n) is 10.6. The second-order valence-corrected chi connectivity index (χ2v) is 8.22. The predicted octanol–water partition coefficient (Wildman–Crippen LogP) is 4.24. The molecule has 2 heterocycles. The molecule has 0 spiro atoms. The van der Waals surface area contributed by atoms with Gasteiger partial charge in [0.25, 0.3) is 5.91 Å². The van der Waals surface area contributed by atoms with Gasteiger partial charge in [-0.05, 0) is 50.0 Å². The summed E-state index contributed by atoms with van der Waals surface area (Å²) >= 11 is 0. The molecule has 1 amide bonds. The van der Waals surface area contributed by atoms with E-state index in [0.29, 0.717) is 24.4 Å². The van der Waals surface area contributed by atoms with Crippen molar-refractivity contribution in [2.45, 2.75) is 32.2 Å². The first-order valence-corrected chi connectivity index (χ1v) is 10.6. The lowest BCUT2D eigenvalue weighted by Crippen LogP contribution is -2.41. The van der Waals surface area contributed by atoms with Crippen LogP contribution in [-0.2, 0) is 4.79 Å². The van der Waals surface area contributed by atoms with Gasteiger partial charge in [0, 0.05) is 17.5 Å². The Bertz CT molecular complexity index is 938. The van der Waals surface area contributed by atoms with E-state index >= 15 is 0 Å². The third-order valence-electron chi connectivity index (χ3n) is 6.07. The van der Waals surface area contributed by atoms with Crippen LogP contribution in [0.1, 0.15) is 43.4 Å². The zero-order valence-electron chi connectivity index (χ0n) is 17.6. The molecule has 0 radical (unpaired) electrons. The number of halogens is 1. The summed E-state index contributed by atoms with van der Waals surface area (Å²) in [6.07, 6.45) is 2.67. The van der Waals surface area contributed by atoms with Crippen LogP contribution < -0.4 is 4.74 Å². The molecular formula is C24H28FN3O2. The summed E-state index contributed by atoms with van der Waals surface area (Å²) < 4.78 is 19.9. The molecular weight excluding hydrogens is 381 g/mol. The predicted molar refractivity (Wildman–Crippen MR) is 115 cm³/mol. The second-order valence-electron chi connectivity index (χ2n) is 8.22. The fraction of sp³-hybridized carbons (Fsp3) is 0.417. The molecule has 0 saturated carbocycles. The smallest absolute Gasteiger partial charge is 0.257 e. The second kappa shape index (κ2) is 8.96. The van der Waals surface area contributed by atoms with Crippen molar-refractivity contribution in [2.75, 3.05) is 26.7 Å². The van der Waals surface area contributed by atoms with Gasteiger partial charge in [0.2, 0.25) is 0 Å². The molecule has 1 fully saturated rings. The summed E-state index contributed by atoms with van der Waals surface area (Å²) in [5.41, 5.74) is 2.15. The van der Waals surface area contributed by atoms with Crippen LogP contribution in [0.2, 0.25) is 0 Å². The number of amides is 1. The molecule has 0 unspecified atom stereocenters. The number of hydrogen-bond donors (Lipinski definition) is 0. The third kappa shape index (κ3) is 4.38. The number of hydrazone groups is 1. The van der Waals surface area contributed by atoms with Gasteiger partial charge in [-0.3, -0.25) is 9.69 Å². The fourth-order valence-corrected chi connectivity index (χ4v) is 4.19. The summed E-state index contributed by atoms with van der Waals surface area (Å²) in [5, 5.41) is 6.16. The lowest BCUT2D eigenvalue weighted by Gasteiger charge is -2.31. The van der Waals surface area contributed by atoms with E-state index in [1.807, 2.05) is 24.3 Å². The Morgan fingerprint density at radius 1 is 1.17 bits per heavy atom. The molecule has 2 aliphatic heterocycles. The van der Waals surface area contributed by atoms with Crippen molar-refractivity contribution in [3.63, 3.8) is 0 Å². The molecule has 1 saturated heterocycles. The average molecular weight is 410 g/mol. The zero-order valence-corrected chi connectivity index (χ0v) is 17.6. The molecule has 2 aliphatic rings. The first-order chi connectivity index (χ1) is 14.5. The van der Waals surface area contributed by atoms with E-state index in [2.05, 4.69) is 16.9 Å². The maximum atomic E-state index is 14.6. The SMILES string of the molecule is COc1cccc(C2=NN(C(=O)CN3CCC(C)CC3)[C@@H](c3ccccc3F)C2)c1. The maximum Gasteiger partial charge on any atom is 0.257 e. The zero-order chi connectivity index (χ0) is 21.1. The lowest BCUT2D eigenvalue weighted by atomic mass is 9.97. The highest BCUT2D eigenvalue weighted by Gasteiger charge is 2.35. The molecule has 6 heteroatoms. The Kier molecular flexibility index (Phi) is 6.13. The van der Waals surface area contributed by atoms with E-state index < -0.39 is 6.04 Å². The Morgan fingerprint density at radius 3 is 2.67 bits per heavy atom. The number of nitrogens with zero attached hydrogens (tertiary/aromatic N) is 3. The van der Waals surface area contributed by atoms with Crippen LogP contribution in [-0.4, -0.2) is 48.3 Å². The Morgan fingerprint density at radius 2 is 1.93 bits per heavy atom. The molecule has 0 aromatic heterocycles. The van der Waals surface area contributed by atoms with Gasteiger partial charge in [0.15, 0.2) is 0 Å². The average Bonchev–Trinajstić information content (AvgIpc) is 3.21. The summed E-state index contributed by atoms with van der Waals surface area (Å²) in [6.45, 7) is 4.39. The quantitative estimate of drug-likeness (QED) is 0.742. The van der Waals surface area contributed by atoms with Gasteiger partial charge in [-0.1, -0.05) is 37.3 Å². The molecule has 0 aliphatic carbocycles. The Labute approximate surface area is 177 Å². The van der Waals surface area contributed by atoms with E-state index in [9.17, 15) is 9.18 Å². The van der Waals surface area contributed by atoms with Gasteiger partial charge in [-0.2, -0.15) is 5.10 Å². The number of benzene rings is 2. The Balaban J connectivity index is 1.61.